The van der Waals surface area contributed by atoms with Crippen LogP contribution in [0.3, 0.4) is 0 Å². The average molecular weight is 470 g/mol. The Morgan fingerprint density at radius 3 is 2.61 bits per heavy atom. The highest BCUT2D eigenvalue weighted by atomic mass is 35.5. The van der Waals surface area contributed by atoms with Crippen molar-refractivity contribution in [3.63, 3.8) is 0 Å². The molecule has 8 heteroatoms. The van der Waals surface area contributed by atoms with Gasteiger partial charge in [0.2, 0.25) is 5.91 Å². The Kier molecular flexibility index (Phi) is 6.63. The minimum absolute atomic E-state index is 0.0730. The minimum atomic E-state index is -0.452. The molecule has 0 spiro atoms. The molecule has 0 fully saturated rings. The van der Waals surface area contributed by atoms with E-state index >= 15 is 0 Å². The van der Waals surface area contributed by atoms with Gasteiger partial charge in [0.1, 0.15) is 5.82 Å². The number of halogens is 2. The summed E-state index contributed by atoms with van der Waals surface area (Å²) in [6.45, 7) is 5.36. The first-order chi connectivity index (χ1) is 15.7. The second-order valence-corrected chi connectivity index (χ2v) is 8.99. The highest BCUT2D eigenvalue weighted by Crippen LogP contribution is 2.37. The molecule has 0 saturated carbocycles. The number of rotatable bonds is 3. The summed E-state index contributed by atoms with van der Waals surface area (Å²) >= 11 is 6.01. The van der Waals surface area contributed by atoms with Crippen molar-refractivity contribution >= 4 is 34.5 Å². The molecular weight excluding hydrogens is 441 g/mol. The molecule has 2 aromatic rings. The number of nitrogens with one attached hydrogen (secondary N) is 1. The maximum atomic E-state index is 13.7. The van der Waals surface area contributed by atoms with E-state index in [2.05, 4.69) is 29.6 Å². The Bertz CT molecular complexity index is 1140. The maximum absolute atomic E-state index is 13.7. The number of carbonyl (C=O) groups is 1. The molecule has 2 aliphatic rings. The molecule has 0 bridgehead atoms. The quantitative estimate of drug-likeness (QED) is 0.576. The van der Waals surface area contributed by atoms with Crippen LogP contribution in [-0.4, -0.2) is 35.5 Å². The second-order valence-electron chi connectivity index (χ2n) is 8.59. The van der Waals surface area contributed by atoms with Gasteiger partial charge in [-0.3, -0.25) is 4.79 Å². The molecular formula is C25H29ClFN5O. The highest BCUT2D eigenvalue weighted by molar-refractivity contribution is 6.31. The lowest BCUT2D eigenvalue weighted by atomic mass is 9.90. The van der Waals surface area contributed by atoms with E-state index in [0.717, 1.165) is 40.9 Å². The number of allylic oxidation sites excluding steroid dienone is 1. The number of hydrazine groups is 1. The van der Waals surface area contributed by atoms with Crippen molar-refractivity contribution < 1.29 is 9.18 Å². The third-order valence-corrected chi connectivity index (χ3v) is 6.58. The van der Waals surface area contributed by atoms with Crippen molar-refractivity contribution in [1.29, 1.82) is 0 Å². The van der Waals surface area contributed by atoms with Crippen LogP contribution in [-0.2, 0) is 4.79 Å². The van der Waals surface area contributed by atoms with Gasteiger partial charge in [-0.2, -0.15) is 0 Å². The van der Waals surface area contributed by atoms with Crippen LogP contribution < -0.4 is 16.9 Å². The third-order valence-electron chi connectivity index (χ3n) is 6.29. The summed E-state index contributed by atoms with van der Waals surface area (Å²) in [5.41, 5.74) is 12.8. The predicted octanol–water partition coefficient (Wildman–Crippen LogP) is 4.49. The molecule has 4 rings (SSSR count). The van der Waals surface area contributed by atoms with Crippen LogP contribution in [0.1, 0.15) is 49.4 Å². The fraction of sp³-hybridized carbons (Fsp3) is 0.320. The first-order valence-corrected chi connectivity index (χ1v) is 11.4. The monoisotopic (exact) mass is 469 g/mol. The SMILES string of the molecule is CC(=O)N1CC=C(c2ccc3c(c2)C(Nc2ccc(F)c(Cl)c2)CCN(N)/C3=C(/C)N)CC1. The predicted molar refractivity (Wildman–Crippen MR) is 131 cm³/mol. The summed E-state index contributed by atoms with van der Waals surface area (Å²) in [5.74, 6) is 6.00. The van der Waals surface area contributed by atoms with Gasteiger partial charge < -0.3 is 21.0 Å². The summed E-state index contributed by atoms with van der Waals surface area (Å²) < 4.78 is 13.7. The van der Waals surface area contributed by atoms with E-state index in [1.807, 2.05) is 11.8 Å². The molecule has 0 aliphatic carbocycles. The summed E-state index contributed by atoms with van der Waals surface area (Å²) in [6.07, 6.45) is 3.63. The number of benzene rings is 2. The van der Waals surface area contributed by atoms with E-state index in [4.69, 9.17) is 23.2 Å². The Balaban J connectivity index is 1.75. The van der Waals surface area contributed by atoms with Gasteiger partial charge in [0, 0.05) is 43.5 Å². The third kappa shape index (κ3) is 4.84. The Morgan fingerprint density at radius 1 is 1.18 bits per heavy atom. The van der Waals surface area contributed by atoms with E-state index in [-0.39, 0.29) is 17.0 Å². The largest absolute Gasteiger partial charge is 0.401 e. The number of amides is 1. The van der Waals surface area contributed by atoms with E-state index < -0.39 is 5.82 Å². The van der Waals surface area contributed by atoms with Crippen molar-refractivity contribution in [2.75, 3.05) is 25.0 Å². The van der Waals surface area contributed by atoms with Crippen molar-refractivity contribution in [3.8, 4) is 0 Å². The zero-order chi connectivity index (χ0) is 23.7. The van der Waals surface area contributed by atoms with Gasteiger partial charge in [0.05, 0.1) is 16.8 Å². The Morgan fingerprint density at radius 2 is 1.97 bits per heavy atom. The zero-order valence-corrected chi connectivity index (χ0v) is 19.6. The molecule has 2 heterocycles. The topological polar surface area (TPSA) is 87.6 Å². The molecule has 174 valence electrons. The van der Waals surface area contributed by atoms with Crippen LogP contribution in [0.4, 0.5) is 10.1 Å². The van der Waals surface area contributed by atoms with Crippen LogP contribution in [0.15, 0.2) is 48.2 Å². The normalized spacial score (nSPS) is 20.0. The van der Waals surface area contributed by atoms with Crippen molar-refractivity contribution in [2.24, 2.45) is 11.6 Å². The smallest absolute Gasteiger partial charge is 0.219 e. The van der Waals surface area contributed by atoms with Crippen LogP contribution in [0.25, 0.3) is 11.3 Å². The molecule has 0 saturated heterocycles. The summed E-state index contributed by atoms with van der Waals surface area (Å²) in [7, 11) is 0. The van der Waals surface area contributed by atoms with Gasteiger partial charge in [0.15, 0.2) is 0 Å². The lowest BCUT2D eigenvalue weighted by Gasteiger charge is -2.27. The van der Waals surface area contributed by atoms with Gasteiger partial charge in [-0.1, -0.05) is 29.8 Å². The van der Waals surface area contributed by atoms with Gasteiger partial charge in [0.25, 0.3) is 0 Å². The zero-order valence-electron chi connectivity index (χ0n) is 18.9. The first-order valence-electron chi connectivity index (χ1n) is 11.0. The van der Waals surface area contributed by atoms with Crippen molar-refractivity contribution in [1.82, 2.24) is 9.91 Å². The molecule has 1 unspecified atom stereocenters. The Labute approximate surface area is 198 Å². The van der Waals surface area contributed by atoms with Crippen LogP contribution in [0.2, 0.25) is 5.02 Å². The molecule has 1 amide bonds. The molecule has 5 N–H and O–H groups in total. The van der Waals surface area contributed by atoms with Crippen LogP contribution in [0.5, 0.6) is 0 Å². The highest BCUT2D eigenvalue weighted by Gasteiger charge is 2.27. The summed E-state index contributed by atoms with van der Waals surface area (Å²) in [4.78, 5) is 13.5. The van der Waals surface area contributed by atoms with Gasteiger partial charge >= 0.3 is 0 Å². The van der Waals surface area contributed by atoms with Crippen molar-refractivity contribution in [3.05, 3.63) is 75.7 Å². The number of fused-ring (bicyclic) bond motifs is 1. The van der Waals surface area contributed by atoms with Crippen LogP contribution >= 0.6 is 11.6 Å². The van der Waals surface area contributed by atoms with E-state index in [9.17, 15) is 9.18 Å². The molecule has 1 atom stereocenters. The lowest BCUT2D eigenvalue weighted by Crippen LogP contribution is -2.32. The van der Waals surface area contributed by atoms with E-state index in [1.165, 1.54) is 11.6 Å². The summed E-state index contributed by atoms with van der Waals surface area (Å²) in [5, 5.41) is 5.27. The Hall–Kier alpha value is -3.03. The number of anilines is 1. The van der Waals surface area contributed by atoms with Crippen molar-refractivity contribution in [2.45, 2.75) is 32.7 Å². The number of hydrogen-bond donors (Lipinski definition) is 3. The number of nitrogens with zero attached hydrogens (tertiary/aromatic N) is 2. The average Bonchev–Trinajstić information content (AvgIpc) is 2.92. The lowest BCUT2D eigenvalue weighted by molar-refractivity contribution is -0.128. The number of hydrogen-bond acceptors (Lipinski definition) is 5. The maximum Gasteiger partial charge on any atom is 0.219 e. The number of carbonyl (C=O) groups excluding carboxylic acids is 1. The number of nitrogens with two attached hydrogens (primary N) is 2. The minimum Gasteiger partial charge on any atom is -0.401 e. The summed E-state index contributed by atoms with van der Waals surface area (Å²) in [6, 6.07) is 10.9. The van der Waals surface area contributed by atoms with Crippen LogP contribution in [0, 0.1) is 5.82 Å². The molecule has 0 radical (unpaired) electrons. The van der Waals surface area contributed by atoms with Gasteiger partial charge in [-0.05, 0) is 60.7 Å². The van der Waals surface area contributed by atoms with Gasteiger partial charge in [-0.25, -0.2) is 10.2 Å². The fourth-order valence-electron chi connectivity index (χ4n) is 4.55. The van der Waals surface area contributed by atoms with E-state index in [1.54, 1.807) is 24.1 Å². The molecule has 2 aliphatic heterocycles. The first kappa shape index (κ1) is 23.1. The van der Waals surface area contributed by atoms with Gasteiger partial charge in [-0.15, -0.1) is 0 Å². The molecule has 0 aromatic heterocycles. The molecule has 2 aromatic carbocycles. The second kappa shape index (κ2) is 9.45. The molecule has 33 heavy (non-hydrogen) atoms. The fourth-order valence-corrected chi connectivity index (χ4v) is 4.73. The van der Waals surface area contributed by atoms with E-state index in [0.29, 0.717) is 25.3 Å². The standard InChI is InChI=1S/C25H29ClFN5O/c1-15(28)25-20-5-3-18(17-7-10-31(11-8-17)16(2)33)13-21(20)24(9-12-32(25)29)30-19-4-6-23(27)22(26)14-19/h3-7,13-14,24,30H,8-12,28-29H2,1-2H3/b25-15-. The molecule has 6 nitrogen and oxygen atoms in total.